The van der Waals surface area contributed by atoms with Crippen LogP contribution in [0.2, 0.25) is 0 Å². The second kappa shape index (κ2) is 6.51. The van der Waals surface area contributed by atoms with Crippen molar-refractivity contribution in [1.82, 2.24) is 15.3 Å². The molecule has 1 aliphatic carbocycles. The van der Waals surface area contributed by atoms with Gasteiger partial charge in [0.05, 0.1) is 0 Å². The van der Waals surface area contributed by atoms with Crippen molar-refractivity contribution in [3.63, 3.8) is 0 Å². The number of aromatic nitrogens is 2. The fraction of sp³-hybridized carbons (Fsp3) is 0.312. The Balaban J connectivity index is 1.53. The van der Waals surface area contributed by atoms with E-state index in [4.69, 9.17) is 0 Å². The predicted molar refractivity (Wildman–Crippen MR) is 81.1 cm³/mol. The van der Waals surface area contributed by atoms with Crippen LogP contribution in [-0.4, -0.2) is 28.5 Å². The zero-order valence-electron chi connectivity index (χ0n) is 12.1. The first-order chi connectivity index (χ1) is 10.7. The third-order valence-corrected chi connectivity index (χ3v) is 3.45. The number of rotatable bonds is 6. The fourth-order valence-corrected chi connectivity index (χ4v) is 2.05. The molecule has 22 heavy (non-hydrogen) atoms. The van der Waals surface area contributed by atoms with Crippen molar-refractivity contribution < 1.29 is 9.18 Å². The third-order valence-electron chi connectivity index (χ3n) is 3.45. The van der Waals surface area contributed by atoms with Crippen LogP contribution in [0.25, 0.3) is 0 Å². The number of hydrogen-bond acceptors (Lipinski definition) is 4. The van der Waals surface area contributed by atoms with Crippen molar-refractivity contribution in [2.75, 3.05) is 11.9 Å². The molecule has 0 unspecified atom stereocenters. The number of amides is 1. The molecule has 2 aromatic rings. The van der Waals surface area contributed by atoms with Gasteiger partial charge in [-0.3, -0.25) is 4.79 Å². The molecule has 1 saturated carbocycles. The Morgan fingerprint density at radius 2 is 2.00 bits per heavy atom. The van der Waals surface area contributed by atoms with Crippen LogP contribution in [0.4, 0.5) is 10.2 Å². The molecule has 114 valence electrons. The van der Waals surface area contributed by atoms with Crippen LogP contribution in [0.3, 0.4) is 0 Å². The second-order valence-corrected chi connectivity index (χ2v) is 5.34. The maximum atomic E-state index is 12.8. The van der Waals surface area contributed by atoms with Crippen LogP contribution in [0.5, 0.6) is 0 Å². The average molecular weight is 300 g/mol. The minimum atomic E-state index is -0.237. The Bertz CT molecular complexity index is 655. The van der Waals surface area contributed by atoms with E-state index in [1.807, 2.05) is 0 Å². The molecule has 0 bridgehead atoms. The Morgan fingerprint density at radius 1 is 1.23 bits per heavy atom. The number of carbonyl (C=O) groups excluding carboxylic acids is 1. The topological polar surface area (TPSA) is 66.9 Å². The molecule has 0 saturated heterocycles. The molecule has 1 aromatic heterocycles. The number of benzene rings is 1. The highest BCUT2D eigenvalue weighted by Crippen LogP contribution is 2.19. The van der Waals surface area contributed by atoms with Gasteiger partial charge in [0.25, 0.3) is 5.91 Å². The average Bonchev–Trinajstić information content (AvgIpc) is 3.34. The first-order valence-corrected chi connectivity index (χ1v) is 7.32. The number of carbonyl (C=O) groups is 1. The lowest BCUT2D eigenvalue weighted by molar-refractivity contribution is 0.0946. The van der Waals surface area contributed by atoms with Crippen LogP contribution in [0.15, 0.2) is 36.7 Å². The molecule has 2 N–H and O–H groups in total. The summed E-state index contributed by atoms with van der Waals surface area (Å²) in [5.41, 5.74) is 1.40. The summed E-state index contributed by atoms with van der Waals surface area (Å²) in [6, 6.07) is 8.34. The van der Waals surface area contributed by atoms with Crippen LogP contribution in [-0.2, 0) is 6.42 Å². The lowest BCUT2D eigenvalue weighted by atomic mass is 10.1. The number of anilines is 1. The molecule has 3 rings (SSSR count). The Morgan fingerprint density at radius 3 is 2.73 bits per heavy atom. The zero-order chi connectivity index (χ0) is 15.4. The number of halogens is 1. The van der Waals surface area contributed by atoms with E-state index in [0.29, 0.717) is 24.1 Å². The van der Waals surface area contributed by atoms with Gasteiger partial charge in [0.2, 0.25) is 0 Å². The molecule has 0 radical (unpaired) electrons. The van der Waals surface area contributed by atoms with Gasteiger partial charge in [-0.2, -0.15) is 0 Å². The van der Waals surface area contributed by atoms with Crippen LogP contribution in [0.1, 0.15) is 28.9 Å². The predicted octanol–water partition coefficient (Wildman–Crippen LogP) is 2.16. The van der Waals surface area contributed by atoms with E-state index in [2.05, 4.69) is 20.6 Å². The Hall–Kier alpha value is -2.50. The van der Waals surface area contributed by atoms with E-state index in [9.17, 15) is 9.18 Å². The highest BCUT2D eigenvalue weighted by molar-refractivity contribution is 5.93. The van der Waals surface area contributed by atoms with Gasteiger partial charge >= 0.3 is 0 Å². The van der Waals surface area contributed by atoms with Gasteiger partial charge in [-0.25, -0.2) is 14.4 Å². The highest BCUT2D eigenvalue weighted by Gasteiger charge is 2.24. The van der Waals surface area contributed by atoms with Gasteiger partial charge in [-0.1, -0.05) is 12.1 Å². The van der Waals surface area contributed by atoms with Gasteiger partial charge in [0, 0.05) is 18.7 Å². The van der Waals surface area contributed by atoms with E-state index >= 15 is 0 Å². The SMILES string of the molecule is O=C(NC1CC1)c1cc(NCCc2ccc(F)cc2)ncn1. The summed E-state index contributed by atoms with van der Waals surface area (Å²) in [6.45, 7) is 0.645. The quantitative estimate of drug-likeness (QED) is 0.858. The Labute approximate surface area is 128 Å². The maximum absolute atomic E-state index is 12.8. The summed E-state index contributed by atoms with van der Waals surface area (Å²) in [7, 11) is 0. The van der Waals surface area contributed by atoms with Gasteiger partial charge in [-0.05, 0) is 37.0 Å². The molecule has 1 aliphatic rings. The largest absolute Gasteiger partial charge is 0.370 e. The summed E-state index contributed by atoms with van der Waals surface area (Å²) in [6.07, 6.45) is 4.20. The summed E-state index contributed by atoms with van der Waals surface area (Å²) in [5.74, 6) is 0.211. The number of hydrogen-bond donors (Lipinski definition) is 2. The lowest BCUT2D eigenvalue weighted by Crippen LogP contribution is -2.26. The molecule has 1 amide bonds. The first kappa shape index (κ1) is 14.4. The summed E-state index contributed by atoms with van der Waals surface area (Å²) in [4.78, 5) is 20.0. The van der Waals surface area contributed by atoms with Crippen molar-refractivity contribution in [3.8, 4) is 0 Å². The van der Waals surface area contributed by atoms with Gasteiger partial charge < -0.3 is 10.6 Å². The smallest absolute Gasteiger partial charge is 0.270 e. The van der Waals surface area contributed by atoms with Crippen molar-refractivity contribution in [2.45, 2.75) is 25.3 Å². The van der Waals surface area contributed by atoms with E-state index in [0.717, 1.165) is 24.8 Å². The minimum absolute atomic E-state index is 0.161. The molecule has 1 heterocycles. The molecular weight excluding hydrogens is 283 g/mol. The summed E-state index contributed by atoms with van der Waals surface area (Å²) < 4.78 is 12.8. The third kappa shape index (κ3) is 4.00. The molecule has 1 fully saturated rings. The van der Waals surface area contributed by atoms with E-state index in [-0.39, 0.29) is 11.7 Å². The number of nitrogens with zero attached hydrogens (tertiary/aromatic N) is 2. The number of nitrogens with one attached hydrogen (secondary N) is 2. The maximum Gasteiger partial charge on any atom is 0.270 e. The zero-order valence-corrected chi connectivity index (χ0v) is 12.1. The van der Waals surface area contributed by atoms with Crippen LogP contribution < -0.4 is 10.6 Å². The van der Waals surface area contributed by atoms with Crippen LogP contribution in [0, 0.1) is 5.82 Å². The molecule has 6 heteroatoms. The second-order valence-electron chi connectivity index (χ2n) is 5.34. The lowest BCUT2D eigenvalue weighted by Gasteiger charge is -2.07. The monoisotopic (exact) mass is 300 g/mol. The summed E-state index contributed by atoms with van der Waals surface area (Å²) >= 11 is 0. The summed E-state index contributed by atoms with van der Waals surface area (Å²) in [5, 5.41) is 6.04. The molecule has 0 spiro atoms. The first-order valence-electron chi connectivity index (χ1n) is 7.32. The highest BCUT2D eigenvalue weighted by atomic mass is 19.1. The Kier molecular flexibility index (Phi) is 4.27. The molecule has 0 aliphatic heterocycles. The standard InChI is InChI=1S/C16H17FN4O/c17-12-3-1-11(2-4-12)7-8-18-15-9-14(19-10-20-15)16(22)21-13-5-6-13/h1-4,9-10,13H,5-8H2,(H,21,22)(H,18,19,20). The van der Waals surface area contributed by atoms with Crippen molar-refractivity contribution in [3.05, 3.63) is 53.7 Å². The molecule has 5 nitrogen and oxygen atoms in total. The van der Waals surface area contributed by atoms with Crippen molar-refractivity contribution in [2.24, 2.45) is 0 Å². The van der Waals surface area contributed by atoms with E-state index in [1.165, 1.54) is 18.5 Å². The van der Waals surface area contributed by atoms with E-state index in [1.54, 1.807) is 18.2 Å². The van der Waals surface area contributed by atoms with Crippen molar-refractivity contribution in [1.29, 1.82) is 0 Å². The molecular formula is C16H17FN4O. The fourth-order valence-electron chi connectivity index (χ4n) is 2.05. The molecule has 0 atom stereocenters. The van der Waals surface area contributed by atoms with Gasteiger partial charge in [-0.15, -0.1) is 0 Å². The molecule has 1 aromatic carbocycles. The minimum Gasteiger partial charge on any atom is -0.370 e. The van der Waals surface area contributed by atoms with Gasteiger partial charge in [0.15, 0.2) is 0 Å². The van der Waals surface area contributed by atoms with E-state index < -0.39 is 0 Å². The van der Waals surface area contributed by atoms with Crippen LogP contribution >= 0.6 is 0 Å². The van der Waals surface area contributed by atoms with Crippen molar-refractivity contribution >= 4 is 11.7 Å². The van der Waals surface area contributed by atoms with Gasteiger partial charge in [0.1, 0.15) is 23.7 Å². The normalized spacial score (nSPS) is 13.7.